The van der Waals surface area contributed by atoms with E-state index in [4.69, 9.17) is 22.7 Å². The smallest absolute Gasteiger partial charge is 0.220 e. The molecule has 1 aliphatic heterocycles. The highest BCUT2D eigenvalue weighted by Crippen LogP contribution is 2.22. The maximum Gasteiger partial charge on any atom is 0.220 e. The minimum absolute atomic E-state index is 0.00631. The number of likely N-dealkylation sites (tertiary alicyclic amines) is 1. The highest BCUT2D eigenvalue weighted by Gasteiger charge is 2.26. The number of hydrogen-bond acceptors (Lipinski definition) is 3. The zero-order valence-corrected chi connectivity index (χ0v) is 14.4. The van der Waals surface area contributed by atoms with E-state index in [1.54, 1.807) is 7.11 Å². The molecule has 1 saturated heterocycles. The van der Waals surface area contributed by atoms with Crippen LogP contribution in [0.5, 0.6) is 0 Å². The van der Waals surface area contributed by atoms with Gasteiger partial charge in [-0.2, -0.15) is 0 Å². The van der Waals surface area contributed by atoms with Gasteiger partial charge in [-0.05, 0) is 32.8 Å². The van der Waals surface area contributed by atoms with E-state index < -0.39 is 0 Å². The van der Waals surface area contributed by atoms with E-state index in [9.17, 15) is 4.79 Å². The van der Waals surface area contributed by atoms with Gasteiger partial charge in [-0.15, -0.1) is 0 Å². The van der Waals surface area contributed by atoms with Crippen LogP contribution in [-0.4, -0.2) is 47.2 Å². The fourth-order valence-corrected chi connectivity index (χ4v) is 3.47. The fraction of sp³-hybridized carbons (Fsp3) is 0.625. The summed E-state index contributed by atoms with van der Waals surface area (Å²) in [5.41, 5.74) is 8.87. The van der Waals surface area contributed by atoms with E-state index in [2.05, 4.69) is 29.4 Å². The second-order valence-corrected chi connectivity index (χ2v) is 6.28. The molecule has 0 radical (unpaired) electrons. The normalized spacial score (nSPS) is 16.0. The van der Waals surface area contributed by atoms with E-state index >= 15 is 0 Å². The zero-order chi connectivity index (χ0) is 16.3. The van der Waals surface area contributed by atoms with Crippen LogP contribution in [-0.2, 0) is 16.1 Å². The lowest BCUT2D eigenvalue weighted by molar-refractivity contribution is -0.122. The fourth-order valence-electron chi connectivity index (χ4n) is 3.08. The number of nitrogens with two attached hydrogens (primary N) is 1. The maximum atomic E-state index is 11.3. The number of rotatable bonds is 5. The second-order valence-electron chi connectivity index (χ2n) is 5.90. The van der Waals surface area contributed by atoms with Crippen LogP contribution in [0.1, 0.15) is 29.8 Å². The van der Waals surface area contributed by atoms with E-state index in [0.717, 1.165) is 43.0 Å². The minimum Gasteiger partial charge on any atom is -0.383 e. The molecule has 2 rings (SSSR count). The van der Waals surface area contributed by atoms with Crippen molar-refractivity contribution >= 4 is 23.1 Å². The van der Waals surface area contributed by atoms with Crippen molar-refractivity contribution < 1.29 is 9.53 Å². The van der Waals surface area contributed by atoms with Gasteiger partial charge in [0.2, 0.25) is 5.91 Å². The predicted octanol–water partition coefficient (Wildman–Crippen LogP) is 1.62. The Morgan fingerprint density at radius 3 is 2.59 bits per heavy atom. The zero-order valence-electron chi connectivity index (χ0n) is 13.6. The summed E-state index contributed by atoms with van der Waals surface area (Å²) in [5, 5.41) is 0. The van der Waals surface area contributed by atoms with Gasteiger partial charge in [-0.3, -0.25) is 4.79 Å². The average molecular weight is 323 g/mol. The number of carbonyl (C=O) groups is 1. The molecule has 0 spiro atoms. The molecule has 22 heavy (non-hydrogen) atoms. The molecule has 6 heteroatoms. The van der Waals surface area contributed by atoms with Crippen molar-refractivity contribution in [1.82, 2.24) is 9.47 Å². The number of aromatic nitrogens is 1. The van der Waals surface area contributed by atoms with Crippen LogP contribution in [0.2, 0.25) is 0 Å². The topological polar surface area (TPSA) is 60.5 Å². The lowest BCUT2D eigenvalue weighted by atomic mass is 9.96. The summed E-state index contributed by atoms with van der Waals surface area (Å²) in [6.45, 7) is 7.31. The molecule has 1 aliphatic rings. The van der Waals surface area contributed by atoms with E-state index in [0.29, 0.717) is 6.61 Å². The Bertz CT molecular complexity index is 560. The molecule has 1 aromatic rings. The first-order valence-corrected chi connectivity index (χ1v) is 8.10. The van der Waals surface area contributed by atoms with Gasteiger partial charge in [-0.25, -0.2) is 0 Å². The molecule has 0 saturated carbocycles. The molecule has 2 heterocycles. The molecule has 0 unspecified atom stereocenters. The third-order valence-corrected chi connectivity index (χ3v) is 4.99. The molecular weight excluding hydrogens is 298 g/mol. The Labute approximate surface area is 137 Å². The molecule has 122 valence electrons. The molecule has 0 aliphatic carbocycles. The van der Waals surface area contributed by atoms with Crippen molar-refractivity contribution in [3.63, 3.8) is 0 Å². The number of amides is 1. The van der Waals surface area contributed by atoms with Gasteiger partial charge in [0.15, 0.2) is 0 Å². The Hall–Kier alpha value is -1.40. The van der Waals surface area contributed by atoms with Gasteiger partial charge in [0, 0.05) is 49.6 Å². The predicted molar refractivity (Wildman–Crippen MR) is 91.0 cm³/mol. The molecular formula is C16H25N3O2S. The van der Waals surface area contributed by atoms with Crippen LogP contribution in [0.25, 0.3) is 0 Å². The van der Waals surface area contributed by atoms with Crippen LogP contribution in [0.15, 0.2) is 6.07 Å². The van der Waals surface area contributed by atoms with E-state index in [1.165, 1.54) is 11.4 Å². The first kappa shape index (κ1) is 17.0. The molecule has 0 atom stereocenters. The van der Waals surface area contributed by atoms with Gasteiger partial charge < -0.3 is 19.9 Å². The van der Waals surface area contributed by atoms with E-state index in [1.807, 2.05) is 0 Å². The number of carbonyl (C=O) groups excluding carboxylic acids is 1. The number of primary amides is 1. The Kier molecular flexibility index (Phi) is 5.58. The molecule has 5 nitrogen and oxygen atoms in total. The monoisotopic (exact) mass is 323 g/mol. The molecule has 1 amide bonds. The van der Waals surface area contributed by atoms with Gasteiger partial charge >= 0.3 is 0 Å². The molecule has 2 N–H and O–H groups in total. The van der Waals surface area contributed by atoms with Crippen LogP contribution in [0.4, 0.5) is 0 Å². The number of piperidine rings is 1. The summed E-state index contributed by atoms with van der Waals surface area (Å²) in [4.78, 5) is 14.3. The second kappa shape index (κ2) is 7.24. The summed E-state index contributed by atoms with van der Waals surface area (Å²) in [5.74, 6) is -0.198. The lowest BCUT2D eigenvalue weighted by Gasteiger charge is -2.32. The first-order valence-electron chi connectivity index (χ1n) is 7.70. The molecule has 1 aromatic heterocycles. The lowest BCUT2D eigenvalue weighted by Crippen LogP contribution is -2.41. The summed E-state index contributed by atoms with van der Waals surface area (Å²) in [6, 6.07) is 2.15. The quantitative estimate of drug-likeness (QED) is 0.837. The van der Waals surface area contributed by atoms with Crippen molar-refractivity contribution in [2.24, 2.45) is 11.7 Å². The summed E-state index contributed by atoms with van der Waals surface area (Å²) in [6.07, 6.45) is 1.58. The summed E-state index contributed by atoms with van der Waals surface area (Å²) in [7, 11) is 1.71. The van der Waals surface area contributed by atoms with Crippen LogP contribution >= 0.6 is 12.2 Å². The first-order chi connectivity index (χ1) is 10.5. The highest BCUT2D eigenvalue weighted by atomic mass is 32.1. The van der Waals surface area contributed by atoms with Gasteiger partial charge in [0.05, 0.1) is 6.61 Å². The van der Waals surface area contributed by atoms with Crippen LogP contribution < -0.4 is 5.73 Å². The number of nitrogens with zero attached hydrogens (tertiary/aromatic N) is 2. The Morgan fingerprint density at radius 2 is 2.05 bits per heavy atom. The highest BCUT2D eigenvalue weighted by molar-refractivity contribution is 7.80. The van der Waals surface area contributed by atoms with Crippen molar-refractivity contribution in [2.75, 3.05) is 26.8 Å². The largest absolute Gasteiger partial charge is 0.383 e. The SMILES string of the molecule is COCCn1c(C)cc(C(=S)N2CCC(C(N)=O)CC2)c1C. The standard InChI is InChI=1S/C16H25N3O2S/c1-11-10-14(12(2)19(11)8-9-21-3)16(22)18-6-4-13(5-7-18)15(17)20/h10,13H,4-9H2,1-3H3,(H2,17,20). The van der Waals surface area contributed by atoms with Gasteiger partial charge in [0.25, 0.3) is 0 Å². The van der Waals surface area contributed by atoms with Gasteiger partial charge in [-0.1, -0.05) is 12.2 Å². The number of thiocarbonyl (C=S) groups is 1. The summed E-state index contributed by atoms with van der Waals surface area (Å²) < 4.78 is 7.41. The Morgan fingerprint density at radius 1 is 1.41 bits per heavy atom. The molecule has 0 bridgehead atoms. The maximum absolute atomic E-state index is 11.3. The third-order valence-electron chi connectivity index (χ3n) is 4.51. The third kappa shape index (κ3) is 3.50. The van der Waals surface area contributed by atoms with E-state index in [-0.39, 0.29) is 11.8 Å². The minimum atomic E-state index is -0.191. The molecule has 1 fully saturated rings. The Balaban J connectivity index is 2.09. The van der Waals surface area contributed by atoms with Crippen molar-refractivity contribution in [1.29, 1.82) is 0 Å². The number of aryl methyl sites for hydroxylation is 1. The molecule has 0 aromatic carbocycles. The number of hydrogen-bond donors (Lipinski definition) is 1. The summed E-state index contributed by atoms with van der Waals surface area (Å²) >= 11 is 5.68. The number of ether oxygens (including phenoxy) is 1. The van der Waals surface area contributed by atoms with Crippen LogP contribution in [0.3, 0.4) is 0 Å². The average Bonchev–Trinajstić information content (AvgIpc) is 2.79. The number of methoxy groups -OCH3 is 1. The van der Waals surface area contributed by atoms with Crippen molar-refractivity contribution in [3.8, 4) is 0 Å². The van der Waals surface area contributed by atoms with Gasteiger partial charge in [0.1, 0.15) is 4.99 Å². The van der Waals surface area contributed by atoms with Crippen molar-refractivity contribution in [2.45, 2.75) is 33.2 Å². The van der Waals surface area contributed by atoms with Crippen molar-refractivity contribution in [3.05, 3.63) is 23.0 Å². The van der Waals surface area contributed by atoms with Crippen LogP contribution in [0, 0.1) is 19.8 Å².